The van der Waals surface area contributed by atoms with E-state index in [1.807, 2.05) is 97.1 Å². The van der Waals surface area contributed by atoms with Gasteiger partial charge in [-0.3, -0.25) is 19.9 Å². The summed E-state index contributed by atoms with van der Waals surface area (Å²) in [5.41, 5.74) is 4.77. The lowest BCUT2D eigenvalue weighted by molar-refractivity contribution is -0.387. The molecule has 0 N–H and O–H groups in total. The topological polar surface area (TPSA) is 115 Å². The van der Waals surface area contributed by atoms with Crippen LogP contribution in [0.2, 0.25) is 0 Å². The van der Waals surface area contributed by atoms with Crippen LogP contribution in [-0.2, 0) is 42.4 Å². The van der Waals surface area contributed by atoms with Gasteiger partial charge in [0.05, 0.1) is 26.3 Å². The van der Waals surface area contributed by atoms with E-state index in [1.54, 1.807) is 31.7 Å². The minimum absolute atomic E-state index is 0.0719. The first-order chi connectivity index (χ1) is 30.1. The smallest absolute Gasteiger partial charge is 0.289 e. The number of sulfonamides is 1. The average molecular weight is 855 g/mol. The highest BCUT2D eigenvalue weighted by atomic mass is 32.2. The largest absolute Gasteiger partial charge is 0.497 e. The van der Waals surface area contributed by atoms with E-state index in [1.165, 1.54) is 18.2 Å². The predicted molar refractivity (Wildman–Crippen MR) is 242 cm³/mol. The monoisotopic (exact) mass is 854 g/mol. The molecule has 62 heavy (non-hydrogen) atoms. The fourth-order valence-corrected chi connectivity index (χ4v) is 10.3. The number of ether oxygens (including phenoxy) is 3. The van der Waals surface area contributed by atoms with Crippen molar-refractivity contribution in [1.82, 2.24) is 14.1 Å². The lowest BCUT2D eigenvalue weighted by atomic mass is 9.99. The van der Waals surface area contributed by atoms with E-state index in [0.717, 1.165) is 39.3 Å². The maximum absolute atomic E-state index is 15.6. The first-order valence-corrected chi connectivity index (χ1v) is 22.3. The van der Waals surface area contributed by atoms with Crippen LogP contribution in [0.3, 0.4) is 0 Å². The molecular weight excluding hydrogens is 801 g/mol. The Morgan fingerprint density at radius 1 is 0.500 bits per heavy atom. The minimum Gasteiger partial charge on any atom is -0.497 e. The maximum Gasteiger partial charge on any atom is 0.289 e. The van der Waals surface area contributed by atoms with Crippen LogP contribution < -0.4 is 14.2 Å². The molecule has 0 spiro atoms. The van der Waals surface area contributed by atoms with Crippen LogP contribution in [0, 0.1) is 10.1 Å². The zero-order valence-electron chi connectivity index (χ0n) is 35.5. The van der Waals surface area contributed by atoms with Crippen molar-refractivity contribution in [2.45, 2.75) is 55.4 Å². The Morgan fingerprint density at radius 2 is 0.871 bits per heavy atom. The molecule has 1 fully saturated rings. The van der Waals surface area contributed by atoms with Crippen LogP contribution in [0.15, 0.2) is 163 Å². The number of methoxy groups -OCH3 is 3. The van der Waals surface area contributed by atoms with Gasteiger partial charge in [0.1, 0.15) is 17.2 Å². The van der Waals surface area contributed by atoms with E-state index in [9.17, 15) is 10.1 Å². The molecule has 11 nitrogen and oxygen atoms in total. The van der Waals surface area contributed by atoms with Gasteiger partial charge in [-0.05, 0) is 89.5 Å². The second-order valence-electron chi connectivity index (χ2n) is 15.7. The molecule has 0 saturated carbocycles. The molecule has 0 aromatic heterocycles. The molecule has 1 aliphatic heterocycles. The number of rotatable bonds is 16. The van der Waals surface area contributed by atoms with Gasteiger partial charge in [-0.2, -0.15) is 4.31 Å². The molecule has 6 aromatic rings. The Balaban J connectivity index is 1.45. The summed E-state index contributed by atoms with van der Waals surface area (Å²) < 4.78 is 49.2. The summed E-state index contributed by atoms with van der Waals surface area (Å²) in [5.74, 6) is 2.18. The minimum atomic E-state index is -4.51. The van der Waals surface area contributed by atoms with Gasteiger partial charge in [0.2, 0.25) is 10.0 Å². The molecule has 322 valence electrons. The van der Waals surface area contributed by atoms with Gasteiger partial charge in [-0.1, -0.05) is 109 Å². The molecule has 7 rings (SSSR count). The highest BCUT2D eigenvalue weighted by molar-refractivity contribution is 7.89. The summed E-state index contributed by atoms with van der Waals surface area (Å²) in [6, 6.07) is 48.8. The van der Waals surface area contributed by atoms with Gasteiger partial charge in [-0.25, -0.2) is 8.42 Å². The number of para-hydroxylation sites is 1. The van der Waals surface area contributed by atoms with Gasteiger partial charge in [0, 0.05) is 56.9 Å². The molecule has 1 heterocycles. The number of nitro groups is 1. The fraction of sp³-hybridized carbons (Fsp3) is 0.280. The lowest BCUT2D eigenvalue weighted by Gasteiger charge is -2.38. The highest BCUT2D eigenvalue weighted by Gasteiger charge is 2.42. The summed E-state index contributed by atoms with van der Waals surface area (Å²) in [5, 5.41) is 12.6. The SMILES string of the molecule is COc1ccc(C[C@H]2CN(S(=O)(=O)c3ccccc3[N+](=O)[O-])[C@@H](Cc3ccc(OC)cc3)CN(Cc3ccccc3)[C@@H](Cc3ccc(OC)cc3)CN2Cc2ccccc2)cc1. The van der Waals surface area contributed by atoms with Crippen molar-refractivity contribution in [2.24, 2.45) is 0 Å². The molecule has 0 aliphatic carbocycles. The van der Waals surface area contributed by atoms with Crippen LogP contribution in [0.25, 0.3) is 0 Å². The second kappa shape index (κ2) is 20.7. The molecular formula is C50H54N4O7S. The third-order valence-electron chi connectivity index (χ3n) is 11.7. The predicted octanol–water partition coefficient (Wildman–Crippen LogP) is 8.46. The van der Waals surface area contributed by atoms with Gasteiger partial charge < -0.3 is 14.2 Å². The van der Waals surface area contributed by atoms with Crippen LogP contribution >= 0.6 is 0 Å². The fourth-order valence-electron chi connectivity index (χ4n) is 8.44. The molecule has 12 heteroatoms. The third kappa shape index (κ3) is 11.1. The lowest BCUT2D eigenvalue weighted by Crippen LogP contribution is -2.52. The Morgan fingerprint density at radius 3 is 1.29 bits per heavy atom. The number of nitro benzene ring substituents is 1. The molecule has 6 aromatic carbocycles. The van der Waals surface area contributed by atoms with E-state index in [4.69, 9.17) is 14.2 Å². The van der Waals surface area contributed by atoms with Crippen molar-refractivity contribution >= 4 is 15.7 Å². The molecule has 0 unspecified atom stereocenters. The van der Waals surface area contributed by atoms with Crippen LogP contribution in [0.1, 0.15) is 27.8 Å². The van der Waals surface area contributed by atoms with Crippen LogP contribution in [0.4, 0.5) is 5.69 Å². The normalized spacial score (nSPS) is 18.0. The molecule has 0 amide bonds. The number of hydrogen-bond donors (Lipinski definition) is 0. The quantitative estimate of drug-likeness (QED) is 0.0699. The number of nitrogens with zero attached hydrogens (tertiary/aromatic N) is 4. The van der Waals surface area contributed by atoms with Crippen LogP contribution in [-0.4, -0.2) is 86.5 Å². The first kappa shape index (κ1) is 44.0. The summed E-state index contributed by atoms with van der Waals surface area (Å²) in [6.07, 6.45) is 1.52. The Hall–Kier alpha value is -6.05. The summed E-state index contributed by atoms with van der Waals surface area (Å²) in [6.45, 7) is 2.10. The Kier molecular flexibility index (Phi) is 14.7. The highest BCUT2D eigenvalue weighted by Crippen LogP contribution is 2.33. The summed E-state index contributed by atoms with van der Waals surface area (Å²) in [4.78, 5) is 16.5. The maximum atomic E-state index is 15.6. The Labute approximate surface area is 365 Å². The van der Waals surface area contributed by atoms with Gasteiger partial charge in [0.25, 0.3) is 5.69 Å². The first-order valence-electron chi connectivity index (χ1n) is 20.8. The van der Waals surface area contributed by atoms with Crippen LogP contribution in [0.5, 0.6) is 17.2 Å². The second-order valence-corrected chi connectivity index (χ2v) is 17.6. The van der Waals surface area contributed by atoms with E-state index in [-0.39, 0.29) is 23.5 Å². The van der Waals surface area contributed by atoms with Crippen molar-refractivity contribution in [1.29, 1.82) is 0 Å². The number of hydrogen-bond acceptors (Lipinski definition) is 9. The van der Waals surface area contributed by atoms with E-state index in [2.05, 4.69) is 46.2 Å². The van der Waals surface area contributed by atoms with Crippen molar-refractivity contribution in [3.8, 4) is 17.2 Å². The van der Waals surface area contributed by atoms with E-state index < -0.39 is 26.7 Å². The molecule has 0 bridgehead atoms. The van der Waals surface area contributed by atoms with Crippen molar-refractivity contribution in [3.63, 3.8) is 0 Å². The average Bonchev–Trinajstić information content (AvgIpc) is 3.35. The third-order valence-corrected chi connectivity index (χ3v) is 13.7. The zero-order chi connectivity index (χ0) is 43.5. The standard InChI is InChI=1S/C50H54N4O7S/c1-59-46-24-18-38(19-25-46)30-43-35-51(33-41-12-6-4-7-13-41)44(31-39-20-26-47(60-2)27-21-39)37-53(62(57,58)50-17-11-10-16-49(50)54(55)56)45(32-40-22-28-48(61-3)29-23-40)36-52(43)34-42-14-8-5-9-15-42/h4-29,43-45H,30-37H2,1-3H3/t43-,44-,45-/m0/s1. The van der Waals surface area contributed by atoms with E-state index in [0.29, 0.717) is 51.2 Å². The summed E-state index contributed by atoms with van der Waals surface area (Å²) in [7, 11) is 0.397. The van der Waals surface area contributed by atoms with Gasteiger partial charge in [-0.15, -0.1) is 0 Å². The van der Waals surface area contributed by atoms with Crippen molar-refractivity contribution < 1.29 is 27.6 Å². The molecule has 1 saturated heterocycles. The molecule has 1 aliphatic rings. The number of benzene rings is 6. The van der Waals surface area contributed by atoms with Gasteiger partial charge >= 0.3 is 0 Å². The van der Waals surface area contributed by atoms with Crippen molar-refractivity contribution in [2.75, 3.05) is 41.0 Å². The Bertz CT molecular complexity index is 2420. The zero-order valence-corrected chi connectivity index (χ0v) is 36.3. The van der Waals surface area contributed by atoms with Crippen molar-refractivity contribution in [3.05, 3.63) is 196 Å². The molecule has 0 radical (unpaired) electrons. The molecule has 3 atom stereocenters. The summed E-state index contributed by atoms with van der Waals surface area (Å²) >= 11 is 0. The van der Waals surface area contributed by atoms with Gasteiger partial charge in [0.15, 0.2) is 4.90 Å². The van der Waals surface area contributed by atoms with E-state index >= 15 is 8.42 Å².